The van der Waals surface area contributed by atoms with Gasteiger partial charge in [-0.25, -0.2) is 4.39 Å². The monoisotopic (exact) mass is 291 g/mol. The molecule has 3 heteroatoms. The minimum Gasteiger partial charge on any atom is -0.293 e. The van der Waals surface area contributed by atoms with Gasteiger partial charge in [0.1, 0.15) is 5.82 Å². The summed E-state index contributed by atoms with van der Waals surface area (Å²) in [6.45, 7) is 0. The summed E-state index contributed by atoms with van der Waals surface area (Å²) < 4.78 is 13.1. The van der Waals surface area contributed by atoms with Gasteiger partial charge in [-0.2, -0.15) is 0 Å². The van der Waals surface area contributed by atoms with Crippen LogP contribution in [0.4, 0.5) is 4.39 Å². The van der Waals surface area contributed by atoms with Gasteiger partial charge in [-0.15, -0.1) is 0 Å². The summed E-state index contributed by atoms with van der Waals surface area (Å²) in [5.41, 5.74) is 2.03. The molecular weight excluding hydrogens is 277 g/mol. The van der Waals surface area contributed by atoms with Gasteiger partial charge >= 0.3 is 0 Å². The van der Waals surface area contributed by atoms with Gasteiger partial charge in [0, 0.05) is 11.8 Å². The van der Waals surface area contributed by atoms with E-state index in [4.69, 9.17) is 0 Å². The van der Waals surface area contributed by atoms with Crippen molar-refractivity contribution in [2.45, 2.75) is 5.92 Å². The van der Waals surface area contributed by atoms with Crippen LogP contribution in [0.25, 0.3) is 0 Å². The van der Waals surface area contributed by atoms with Crippen LogP contribution < -0.4 is 0 Å². The van der Waals surface area contributed by atoms with Gasteiger partial charge in [0.2, 0.25) is 0 Å². The molecule has 0 saturated carbocycles. The Morgan fingerprint density at radius 2 is 1.55 bits per heavy atom. The molecule has 0 bridgehead atoms. The Labute approximate surface area is 128 Å². The molecule has 0 aliphatic heterocycles. The molecule has 1 aromatic heterocycles. The van der Waals surface area contributed by atoms with Crippen LogP contribution in [0, 0.1) is 5.82 Å². The summed E-state index contributed by atoms with van der Waals surface area (Å²) in [4.78, 5) is 17.2. The van der Waals surface area contributed by atoms with Crippen molar-refractivity contribution in [2.24, 2.45) is 0 Å². The number of halogens is 1. The normalized spacial score (nSPS) is 11.9. The second kappa shape index (κ2) is 6.31. The molecule has 1 atom stereocenters. The molecule has 1 heterocycles. The van der Waals surface area contributed by atoms with Gasteiger partial charge in [0.25, 0.3) is 0 Å². The zero-order valence-corrected chi connectivity index (χ0v) is 11.8. The third kappa shape index (κ3) is 2.93. The first kappa shape index (κ1) is 14.1. The van der Waals surface area contributed by atoms with Crippen molar-refractivity contribution in [3.8, 4) is 0 Å². The number of rotatable bonds is 4. The molecule has 0 radical (unpaired) electrons. The summed E-state index contributed by atoms with van der Waals surface area (Å²) >= 11 is 0. The van der Waals surface area contributed by atoms with Crippen LogP contribution in [-0.4, -0.2) is 10.8 Å². The molecule has 0 aliphatic rings. The average molecular weight is 291 g/mol. The van der Waals surface area contributed by atoms with E-state index in [1.165, 1.54) is 24.3 Å². The van der Waals surface area contributed by atoms with Crippen LogP contribution in [0.5, 0.6) is 0 Å². The summed E-state index contributed by atoms with van der Waals surface area (Å²) in [5, 5.41) is 0. The van der Waals surface area contributed by atoms with E-state index in [-0.39, 0.29) is 11.6 Å². The third-order valence-corrected chi connectivity index (χ3v) is 3.51. The van der Waals surface area contributed by atoms with Crippen LogP contribution in [0.1, 0.15) is 27.5 Å². The number of pyridine rings is 1. The highest BCUT2D eigenvalue weighted by atomic mass is 19.1. The fourth-order valence-electron chi connectivity index (χ4n) is 2.43. The predicted octanol–water partition coefficient (Wildman–Crippen LogP) is 4.24. The number of nitrogens with zero attached hydrogens (tertiary/aromatic N) is 1. The van der Waals surface area contributed by atoms with E-state index >= 15 is 0 Å². The molecule has 0 unspecified atom stereocenters. The molecule has 3 aromatic rings. The zero-order valence-electron chi connectivity index (χ0n) is 11.8. The van der Waals surface area contributed by atoms with Crippen molar-refractivity contribution >= 4 is 5.78 Å². The first-order valence-corrected chi connectivity index (χ1v) is 7.01. The number of carbonyl (C=O) groups excluding carboxylic acids is 1. The lowest BCUT2D eigenvalue weighted by atomic mass is 9.87. The lowest BCUT2D eigenvalue weighted by Gasteiger charge is -2.16. The number of Topliss-reactive ketones (excluding diaryl/α,β-unsaturated/α-hetero) is 1. The highest BCUT2D eigenvalue weighted by Crippen LogP contribution is 2.27. The van der Waals surface area contributed by atoms with E-state index in [2.05, 4.69) is 4.98 Å². The van der Waals surface area contributed by atoms with Gasteiger partial charge < -0.3 is 0 Å². The topological polar surface area (TPSA) is 30.0 Å². The first-order chi connectivity index (χ1) is 10.8. The molecular formula is C19H14FNO. The molecule has 0 spiro atoms. The molecule has 0 amide bonds. The van der Waals surface area contributed by atoms with Crippen LogP contribution in [0.2, 0.25) is 0 Å². The number of benzene rings is 2. The Morgan fingerprint density at radius 1 is 0.864 bits per heavy atom. The van der Waals surface area contributed by atoms with Gasteiger partial charge in [0.05, 0.1) is 11.6 Å². The number of hydrogen-bond donors (Lipinski definition) is 0. The minimum atomic E-state index is -0.493. The van der Waals surface area contributed by atoms with Crippen LogP contribution in [0.3, 0.4) is 0 Å². The molecule has 22 heavy (non-hydrogen) atoms. The largest absolute Gasteiger partial charge is 0.293 e. The quantitative estimate of drug-likeness (QED) is 0.673. The molecule has 2 nitrogen and oxygen atoms in total. The van der Waals surface area contributed by atoms with Gasteiger partial charge in [-0.3, -0.25) is 9.78 Å². The van der Waals surface area contributed by atoms with E-state index in [1.807, 2.05) is 48.5 Å². The Balaban J connectivity index is 2.06. The molecule has 0 N–H and O–H groups in total. The molecule has 2 aromatic carbocycles. The fraction of sp³-hybridized carbons (Fsp3) is 0.0526. The van der Waals surface area contributed by atoms with Crippen molar-refractivity contribution in [1.82, 2.24) is 4.98 Å². The van der Waals surface area contributed by atoms with E-state index < -0.39 is 5.92 Å². The molecule has 0 fully saturated rings. The standard InChI is InChI=1S/C19H14FNO/c20-16-11-9-15(10-12-16)19(22)18(14-6-2-1-3-7-14)17-8-4-5-13-21-17/h1-13,18H/t18-/m1/s1. The zero-order chi connectivity index (χ0) is 15.4. The summed E-state index contributed by atoms with van der Waals surface area (Å²) in [6, 6.07) is 20.6. The third-order valence-electron chi connectivity index (χ3n) is 3.51. The van der Waals surface area contributed by atoms with E-state index in [1.54, 1.807) is 6.20 Å². The Hall–Kier alpha value is -2.81. The summed E-state index contributed by atoms with van der Waals surface area (Å²) in [7, 11) is 0. The average Bonchev–Trinajstić information content (AvgIpc) is 2.57. The second-order valence-electron chi connectivity index (χ2n) is 4.97. The Morgan fingerprint density at radius 3 is 2.18 bits per heavy atom. The SMILES string of the molecule is O=C(c1ccc(F)cc1)[C@H](c1ccccc1)c1ccccn1. The van der Waals surface area contributed by atoms with Crippen molar-refractivity contribution in [3.05, 3.63) is 102 Å². The predicted molar refractivity (Wildman–Crippen MR) is 83.3 cm³/mol. The van der Waals surface area contributed by atoms with Crippen LogP contribution in [0.15, 0.2) is 79.0 Å². The molecule has 0 saturated heterocycles. The number of aromatic nitrogens is 1. The fourth-order valence-corrected chi connectivity index (χ4v) is 2.43. The maximum Gasteiger partial charge on any atom is 0.176 e. The molecule has 0 aliphatic carbocycles. The lowest BCUT2D eigenvalue weighted by Crippen LogP contribution is -2.15. The van der Waals surface area contributed by atoms with E-state index in [0.717, 1.165) is 5.56 Å². The molecule has 108 valence electrons. The minimum absolute atomic E-state index is 0.0927. The van der Waals surface area contributed by atoms with Crippen molar-refractivity contribution in [1.29, 1.82) is 0 Å². The van der Waals surface area contributed by atoms with Crippen LogP contribution in [-0.2, 0) is 0 Å². The lowest BCUT2D eigenvalue weighted by molar-refractivity contribution is 0.0972. The smallest absolute Gasteiger partial charge is 0.176 e. The summed E-state index contributed by atoms with van der Waals surface area (Å²) in [5.74, 6) is -0.941. The van der Waals surface area contributed by atoms with E-state index in [0.29, 0.717) is 11.3 Å². The number of carbonyl (C=O) groups is 1. The first-order valence-electron chi connectivity index (χ1n) is 7.01. The van der Waals surface area contributed by atoms with Crippen LogP contribution >= 0.6 is 0 Å². The van der Waals surface area contributed by atoms with E-state index in [9.17, 15) is 9.18 Å². The second-order valence-corrected chi connectivity index (χ2v) is 4.97. The summed E-state index contributed by atoms with van der Waals surface area (Å²) in [6.07, 6.45) is 1.67. The van der Waals surface area contributed by atoms with Crippen molar-refractivity contribution in [2.75, 3.05) is 0 Å². The highest BCUT2D eigenvalue weighted by Gasteiger charge is 2.24. The number of ketones is 1. The Kier molecular flexibility index (Phi) is 4.05. The van der Waals surface area contributed by atoms with Gasteiger partial charge in [-0.1, -0.05) is 36.4 Å². The number of hydrogen-bond acceptors (Lipinski definition) is 2. The van der Waals surface area contributed by atoms with Gasteiger partial charge in [-0.05, 0) is 42.0 Å². The maximum atomic E-state index is 13.1. The van der Waals surface area contributed by atoms with Crippen molar-refractivity contribution in [3.63, 3.8) is 0 Å². The van der Waals surface area contributed by atoms with Gasteiger partial charge in [0.15, 0.2) is 5.78 Å². The van der Waals surface area contributed by atoms with Crippen molar-refractivity contribution < 1.29 is 9.18 Å². The Bertz CT molecular complexity index is 715. The maximum absolute atomic E-state index is 13.1. The highest BCUT2D eigenvalue weighted by molar-refractivity contribution is 6.02. The molecule has 3 rings (SSSR count).